The first-order valence-electron chi connectivity index (χ1n) is 8.91. The summed E-state index contributed by atoms with van der Waals surface area (Å²) in [5.41, 5.74) is 4.85. The molecule has 3 heterocycles. The Morgan fingerprint density at radius 3 is 2.81 bits per heavy atom. The van der Waals surface area contributed by atoms with Crippen LogP contribution in [0.5, 0.6) is 0 Å². The van der Waals surface area contributed by atoms with Crippen LogP contribution < -0.4 is 0 Å². The van der Waals surface area contributed by atoms with Gasteiger partial charge < -0.3 is 9.64 Å². The van der Waals surface area contributed by atoms with Crippen LogP contribution in [0.2, 0.25) is 0 Å². The van der Waals surface area contributed by atoms with Crippen molar-refractivity contribution >= 4 is 39.2 Å². The molecule has 1 aliphatic rings. The first-order chi connectivity index (χ1) is 13.1. The molecule has 140 valence electrons. The lowest BCUT2D eigenvalue weighted by Crippen LogP contribution is -2.41. The van der Waals surface area contributed by atoms with Gasteiger partial charge >= 0.3 is 0 Å². The van der Waals surface area contributed by atoms with E-state index in [1.807, 2.05) is 4.90 Å². The Bertz CT molecular complexity index is 981. The fraction of sp³-hybridized carbons (Fsp3) is 0.350. The van der Waals surface area contributed by atoms with Crippen LogP contribution in [0.1, 0.15) is 11.1 Å². The second-order valence-corrected chi connectivity index (χ2v) is 8.41. The standard InChI is InChI=1S/C20H21N3O2S2/c1-13-3-4-15(9-14(13)2)16-10-26-19-18(16)20(22-12-21-19)27-11-17(24)23-5-7-25-8-6-23/h3-4,9-10,12H,5-8,11H2,1-2H3. The van der Waals surface area contributed by atoms with Gasteiger partial charge in [-0.25, -0.2) is 9.97 Å². The van der Waals surface area contributed by atoms with E-state index in [0.29, 0.717) is 32.1 Å². The number of hydrogen-bond donors (Lipinski definition) is 0. The lowest BCUT2D eigenvalue weighted by atomic mass is 10.0. The first kappa shape index (κ1) is 18.4. The van der Waals surface area contributed by atoms with Crippen LogP contribution in [0.15, 0.2) is 34.9 Å². The molecule has 7 heteroatoms. The number of fused-ring (bicyclic) bond motifs is 1. The molecule has 0 radical (unpaired) electrons. The Balaban J connectivity index is 1.62. The maximum Gasteiger partial charge on any atom is 0.233 e. The number of aryl methyl sites for hydroxylation is 2. The lowest BCUT2D eigenvalue weighted by molar-refractivity contribution is -0.132. The molecule has 1 saturated heterocycles. The molecule has 0 bridgehead atoms. The van der Waals surface area contributed by atoms with Crippen LogP contribution in [-0.2, 0) is 9.53 Å². The average Bonchev–Trinajstić information content (AvgIpc) is 3.14. The number of amides is 1. The number of thiophene rings is 1. The van der Waals surface area contributed by atoms with Crippen LogP contribution in [0.25, 0.3) is 21.3 Å². The maximum atomic E-state index is 12.5. The van der Waals surface area contributed by atoms with Crippen molar-refractivity contribution in [3.63, 3.8) is 0 Å². The normalized spacial score (nSPS) is 14.7. The summed E-state index contributed by atoms with van der Waals surface area (Å²) < 4.78 is 5.32. The summed E-state index contributed by atoms with van der Waals surface area (Å²) in [6.07, 6.45) is 1.59. The van der Waals surface area contributed by atoms with E-state index in [4.69, 9.17) is 4.74 Å². The Hall–Kier alpha value is -1.96. The third-order valence-corrected chi connectivity index (χ3v) is 6.71. The zero-order valence-corrected chi connectivity index (χ0v) is 17.0. The van der Waals surface area contributed by atoms with Gasteiger partial charge in [0.05, 0.1) is 24.4 Å². The molecule has 4 rings (SSSR count). The van der Waals surface area contributed by atoms with Gasteiger partial charge in [-0.3, -0.25) is 4.79 Å². The zero-order valence-electron chi connectivity index (χ0n) is 15.4. The van der Waals surface area contributed by atoms with Gasteiger partial charge in [-0.15, -0.1) is 11.3 Å². The molecule has 3 aromatic rings. The molecule has 0 saturated carbocycles. The third-order valence-electron chi connectivity index (χ3n) is 4.85. The quantitative estimate of drug-likeness (QED) is 0.492. The number of benzene rings is 1. The van der Waals surface area contributed by atoms with E-state index < -0.39 is 0 Å². The van der Waals surface area contributed by atoms with E-state index in [9.17, 15) is 4.79 Å². The maximum absolute atomic E-state index is 12.5. The van der Waals surface area contributed by atoms with E-state index in [1.54, 1.807) is 17.7 Å². The number of morpholine rings is 1. The van der Waals surface area contributed by atoms with Crippen molar-refractivity contribution < 1.29 is 9.53 Å². The minimum Gasteiger partial charge on any atom is -0.378 e. The number of carbonyl (C=O) groups is 1. The molecule has 1 aromatic carbocycles. The molecule has 0 unspecified atom stereocenters. The average molecular weight is 400 g/mol. The van der Waals surface area contributed by atoms with Crippen molar-refractivity contribution in [1.82, 2.24) is 14.9 Å². The van der Waals surface area contributed by atoms with E-state index >= 15 is 0 Å². The number of ether oxygens (including phenoxy) is 1. The summed E-state index contributed by atoms with van der Waals surface area (Å²) in [5, 5.41) is 4.05. The number of nitrogens with zero attached hydrogens (tertiary/aromatic N) is 3. The Morgan fingerprint density at radius 2 is 2.04 bits per heavy atom. The van der Waals surface area contributed by atoms with Gasteiger partial charge in [0.25, 0.3) is 0 Å². The second kappa shape index (κ2) is 7.96. The van der Waals surface area contributed by atoms with Gasteiger partial charge in [0.15, 0.2) is 0 Å². The van der Waals surface area contributed by atoms with Gasteiger partial charge in [0.2, 0.25) is 5.91 Å². The van der Waals surface area contributed by atoms with Crippen LogP contribution in [0.3, 0.4) is 0 Å². The number of aromatic nitrogens is 2. The highest BCUT2D eigenvalue weighted by Crippen LogP contribution is 2.38. The number of hydrogen-bond acceptors (Lipinski definition) is 6. The van der Waals surface area contributed by atoms with Gasteiger partial charge in [0, 0.05) is 24.0 Å². The Kier molecular flexibility index (Phi) is 5.43. The Labute approximate surface area is 166 Å². The van der Waals surface area contributed by atoms with Crippen LogP contribution >= 0.6 is 23.1 Å². The van der Waals surface area contributed by atoms with E-state index in [2.05, 4.69) is 47.4 Å². The predicted octanol–water partition coefficient (Wildman–Crippen LogP) is 3.93. The minimum absolute atomic E-state index is 0.137. The summed E-state index contributed by atoms with van der Waals surface area (Å²) in [5.74, 6) is 0.520. The van der Waals surface area contributed by atoms with Crippen molar-refractivity contribution in [2.45, 2.75) is 18.9 Å². The highest BCUT2D eigenvalue weighted by molar-refractivity contribution is 8.00. The van der Waals surface area contributed by atoms with Crippen LogP contribution in [0, 0.1) is 13.8 Å². The summed E-state index contributed by atoms with van der Waals surface area (Å²) in [6.45, 7) is 6.83. The molecule has 1 amide bonds. The van der Waals surface area contributed by atoms with Crippen molar-refractivity contribution in [2.24, 2.45) is 0 Å². The highest BCUT2D eigenvalue weighted by atomic mass is 32.2. The summed E-state index contributed by atoms with van der Waals surface area (Å²) in [6, 6.07) is 6.49. The van der Waals surface area contributed by atoms with Crippen molar-refractivity contribution in [3.05, 3.63) is 41.0 Å². The molecule has 2 aromatic heterocycles. The van der Waals surface area contributed by atoms with E-state index in [1.165, 1.54) is 28.5 Å². The molecule has 0 atom stereocenters. The molecular formula is C20H21N3O2S2. The Morgan fingerprint density at radius 1 is 1.22 bits per heavy atom. The van der Waals surface area contributed by atoms with E-state index in [-0.39, 0.29) is 5.91 Å². The van der Waals surface area contributed by atoms with Crippen molar-refractivity contribution in [1.29, 1.82) is 0 Å². The van der Waals surface area contributed by atoms with Crippen molar-refractivity contribution in [3.8, 4) is 11.1 Å². The number of thioether (sulfide) groups is 1. The molecule has 1 fully saturated rings. The molecule has 0 N–H and O–H groups in total. The molecule has 1 aliphatic heterocycles. The first-order valence-corrected chi connectivity index (χ1v) is 10.8. The molecule has 0 spiro atoms. The van der Waals surface area contributed by atoms with Gasteiger partial charge in [-0.05, 0) is 30.5 Å². The fourth-order valence-electron chi connectivity index (χ4n) is 3.11. The molecular weight excluding hydrogens is 378 g/mol. The third kappa shape index (κ3) is 3.85. The zero-order chi connectivity index (χ0) is 18.8. The number of carbonyl (C=O) groups excluding carboxylic acids is 1. The SMILES string of the molecule is Cc1ccc(-c2csc3ncnc(SCC(=O)N4CCOCC4)c23)cc1C. The van der Waals surface area contributed by atoms with Crippen molar-refractivity contribution in [2.75, 3.05) is 32.1 Å². The van der Waals surface area contributed by atoms with E-state index in [0.717, 1.165) is 20.8 Å². The monoisotopic (exact) mass is 399 g/mol. The largest absolute Gasteiger partial charge is 0.378 e. The lowest BCUT2D eigenvalue weighted by Gasteiger charge is -2.26. The predicted molar refractivity (Wildman–Crippen MR) is 110 cm³/mol. The minimum atomic E-state index is 0.137. The summed E-state index contributed by atoms with van der Waals surface area (Å²) in [7, 11) is 0. The van der Waals surface area contributed by atoms with Crippen LogP contribution in [0.4, 0.5) is 0 Å². The second-order valence-electron chi connectivity index (χ2n) is 6.59. The smallest absolute Gasteiger partial charge is 0.233 e. The molecule has 5 nitrogen and oxygen atoms in total. The van der Waals surface area contributed by atoms with Gasteiger partial charge in [-0.2, -0.15) is 0 Å². The highest BCUT2D eigenvalue weighted by Gasteiger charge is 2.19. The molecule has 27 heavy (non-hydrogen) atoms. The number of rotatable bonds is 4. The topological polar surface area (TPSA) is 55.3 Å². The summed E-state index contributed by atoms with van der Waals surface area (Å²) >= 11 is 3.12. The van der Waals surface area contributed by atoms with Crippen LogP contribution in [-0.4, -0.2) is 52.8 Å². The van der Waals surface area contributed by atoms with Gasteiger partial charge in [-0.1, -0.05) is 30.0 Å². The molecule has 0 aliphatic carbocycles. The van der Waals surface area contributed by atoms with Gasteiger partial charge in [0.1, 0.15) is 16.2 Å². The fourth-order valence-corrected chi connectivity index (χ4v) is 5.01. The summed E-state index contributed by atoms with van der Waals surface area (Å²) in [4.78, 5) is 24.2.